The van der Waals surface area contributed by atoms with Crippen molar-refractivity contribution in [3.8, 4) is 0 Å². The fourth-order valence-electron chi connectivity index (χ4n) is 4.37. The summed E-state index contributed by atoms with van der Waals surface area (Å²) in [5.41, 5.74) is 3.71. The van der Waals surface area contributed by atoms with Crippen molar-refractivity contribution in [1.82, 2.24) is 9.80 Å². The average molecular weight is 643 g/mol. The molecule has 0 aliphatic heterocycles. The van der Waals surface area contributed by atoms with Gasteiger partial charge < -0.3 is 19.6 Å². The molecule has 0 unspecified atom stereocenters. The van der Waals surface area contributed by atoms with Crippen LogP contribution < -0.4 is 9.80 Å². The fraction of sp³-hybridized carbons (Fsp3) is 0.758. The summed E-state index contributed by atoms with van der Waals surface area (Å²) in [6.45, 7) is 29.1. The van der Waals surface area contributed by atoms with Crippen molar-refractivity contribution in [2.24, 2.45) is 0 Å². The molecule has 0 saturated heterocycles. The molecule has 0 heterocycles. The standard InChI is InChI=1S/C16H28N2S2.C13H22N2S2.2C2H6/c1-7-17(5)10-8-9-11-18(6)13-12(16(2,3)4)14(19)15(13)20;1-4-15(5-2)9-7-6-8-14(3)11-10-12(16)13(11)17;2*1-2/h7-11H2,1-6H3;10H,4-9H2,1-3H3;2*1-2H3. The van der Waals surface area contributed by atoms with Crippen molar-refractivity contribution < 1.29 is 0 Å². The Labute approximate surface area is 275 Å². The highest BCUT2D eigenvalue weighted by Gasteiger charge is 2.27. The van der Waals surface area contributed by atoms with Crippen LogP contribution in [0, 0.1) is 18.0 Å². The predicted molar refractivity (Wildman–Crippen MR) is 198 cm³/mol. The summed E-state index contributed by atoms with van der Waals surface area (Å²) in [4.78, 5) is 9.33. The quantitative estimate of drug-likeness (QED) is 0.139. The Morgan fingerprint density at radius 3 is 1.49 bits per heavy atom. The Kier molecular flexibility index (Phi) is 23.7. The smallest absolute Gasteiger partial charge is 0.0798 e. The molecule has 0 saturated carbocycles. The predicted octanol–water partition coefficient (Wildman–Crippen LogP) is 10.1. The first-order valence-corrected chi connectivity index (χ1v) is 17.4. The van der Waals surface area contributed by atoms with Gasteiger partial charge in [-0.15, -0.1) is 0 Å². The van der Waals surface area contributed by atoms with Crippen LogP contribution >= 0.6 is 48.9 Å². The van der Waals surface area contributed by atoms with E-state index in [1.165, 1.54) is 50.0 Å². The van der Waals surface area contributed by atoms with Crippen molar-refractivity contribution in [2.75, 3.05) is 76.8 Å². The number of hydrogen-bond acceptors (Lipinski definition) is 8. The molecule has 0 aliphatic carbocycles. The van der Waals surface area contributed by atoms with E-state index >= 15 is 0 Å². The van der Waals surface area contributed by atoms with Gasteiger partial charge in [-0.1, -0.05) is 118 Å². The van der Waals surface area contributed by atoms with E-state index in [-0.39, 0.29) is 5.41 Å². The third kappa shape index (κ3) is 14.6. The monoisotopic (exact) mass is 642 g/mol. The van der Waals surface area contributed by atoms with Gasteiger partial charge in [-0.2, -0.15) is 0 Å². The molecule has 41 heavy (non-hydrogen) atoms. The van der Waals surface area contributed by atoms with E-state index in [0.29, 0.717) is 0 Å². The van der Waals surface area contributed by atoms with Gasteiger partial charge in [0.05, 0.1) is 29.4 Å². The Morgan fingerprint density at radius 1 is 0.610 bits per heavy atom. The minimum atomic E-state index is 0.0887. The summed E-state index contributed by atoms with van der Waals surface area (Å²) >= 11 is 21.1. The largest absolute Gasteiger partial charge is 0.373 e. The van der Waals surface area contributed by atoms with Crippen LogP contribution in [-0.4, -0.2) is 76.8 Å². The number of hydrogen-bond donors (Lipinski definition) is 0. The van der Waals surface area contributed by atoms with Gasteiger partial charge in [0.2, 0.25) is 0 Å². The lowest BCUT2D eigenvalue weighted by Crippen LogP contribution is -2.28. The van der Waals surface area contributed by atoms with E-state index in [4.69, 9.17) is 48.9 Å². The molecule has 4 nitrogen and oxygen atoms in total. The molecular formula is C33H62N4S4. The zero-order valence-corrected chi connectivity index (χ0v) is 32.0. The summed E-state index contributed by atoms with van der Waals surface area (Å²) in [5, 5.41) is 0. The van der Waals surface area contributed by atoms with Crippen LogP contribution in [0.25, 0.3) is 0 Å². The molecular weight excluding hydrogens is 581 g/mol. The van der Waals surface area contributed by atoms with Gasteiger partial charge in [-0.3, -0.25) is 0 Å². The van der Waals surface area contributed by atoms with Crippen LogP contribution in [0.2, 0.25) is 0 Å². The molecule has 2 aromatic rings. The molecule has 2 aromatic carbocycles. The Balaban J connectivity index is 0. The number of unbranched alkanes of at least 4 members (excludes halogenated alkanes) is 2. The molecule has 0 radical (unpaired) electrons. The molecule has 0 amide bonds. The summed E-state index contributed by atoms with van der Waals surface area (Å²) in [6.07, 6.45) is 4.87. The van der Waals surface area contributed by atoms with Crippen molar-refractivity contribution >= 4 is 60.2 Å². The lowest BCUT2D eigenvalue weighted by atomic mass is 9.83. The van der Waals surface area contributed by atoms with Crippen LogP contribution in [0.1, 0.15) is 100 Å². The van der Waals surface area contributed by atoms with Crippen LogP contribution in [0.5, 0.6) is 0 Å². The van der Waals surface area contributed by atoms with Gasteiger partial charge in [0.1, 0.15) is 0 Å². The third-order valence-corrected chi connectivity index (χ3v) is 8.90. The maximum Gasteiger partial charge on any atom is 0.0798 e. The lowest BCUT2D eigenvalue weighted by molar-refractivity contribution is 0.297. The molecule has 0 aliphatic rings. The summed E-state index contributed by atoms with van der Waals surface area (Å²) in [5.74, 6) is 0. The zero-order chi connectivity index (χ0) is 32.3. The highest BCUT2D eigenvalue weighted by Crippen LogP contribution is 2.39. The molecule has 0 atom stereocenters. The van der Waals surface area contributed by atoms with Crippen LogP contribution in [-0.2, 0) is 5.41 Å². The summed E-state index contributed by atoms with van der Waals surface area (Å²) in [7, 11) is 6.40. The van der Waals surface area contributed by atoms with E-state index in [1.54, 1.807) is 0 Å². The van der Waals surface area contributed by atoms with Gasteiger partial charge in [-0.05, 0) is 76.9 Å². The Morgan fingerprint density at radius 2 is 1.07 bits per heavy atom. The van der Waals surface area contributed by atoms with Gasteiger partial charge in [0, 0.05) is 32.7 Å². The highest BCUT2D eigenvalue weighted by molar-refractivity contribution is 7.74. The lowest BCUT2D eigenvalue weighted by Gasteiger charge is -2.32. The normalized spacial score (nSPS) is 11.0. The maximum atomic E-state index is 5.44. The first kappa shape index (κ1) is 42.5. The molecule has 0 N–H and O–H groups in total. The minimum absolute atomic E-state index is 0.0887. The number of anilines is 2. The molecule has 0 fully saturated rings. The maximum absolute atomic E-state index is 5.44. The first-order valence-electron chi connectivity index (χ1n) is 15.8. The highest BCUT2D eigenvalue weighted by atomic mass is 32.1. The Bertz CT molecular complexity index is 1080. The second-order valence-electron chi connectivity index (χ2n) is 11.0. The summed E-state index contributed by atoms with van der Waals surface area (Å²) in [6, 6.07) is 2.00. The first-order chi connectivity index (χ1) is 19.3. The molecule has 0 aromatic heterocycles. The SMILES string of the molecule is CC.CC.CCN(C)CCCCN(C)c1c(C(C)(C)C)c(=S)c1=S.CCN(CC)CCCCN(C)c1cc(=S)c1=S. The van der Waals surface area contributed by atoms with Crippen molar-refractivity contribution in [2.45, 2.75) is 100 Å². The van der Waals surface area contributed by atoms with E-state index in [9.17, 15) is 0 Å². The van der Waals surface area contributed by atoms with Gasteiger partial charge in [0.15, 0.2) is 0 Å². The van der Waals surface area contributed by atoms with Gasteiger partial charge in [-0.25, -0.2) is 0 Å². The minimum Gasteiger partial charge on any atom is -0.373 e. The number of nitrogens with zero attached hydrogens (tertiary/aromatic N) is 4. The van der Waals surface area contributed by atoms with Crippen LogP contribution in [0.15, 0.2) is 6.07 Å². The zero-order valence-electron chi connectivity index (χ0n) is 28.8. The molecule has 2 rings (SSSR count). The number of rotatable bonds is 15. The van der Waals surface area contributed by atoms with Gasteiger partial charge >= 0.3 is 0 Å². The van der Waals surface area contributed by atoms with E-state index in [2.05, 4.69) is 82.3 Å². The molecule has 8 heteroatoms. The van der Waals surface area contributed by atoms with Crippen LogP contribution in [0.4, 0.5) is 11.4 Å². The van der Waals surface area contributed by atoms with E-state index < -0.39 is 0 Å². The topological polar surface area (TPSA) is 13.0 Å². The third-order valence-electron chi connectivity index (χ3n) is 7.09. The fourth-order valence-corrected chi connectivity index (χ4v) is 5.72. The average Bonchev–Trinajstić information content (AvgIpc) is 2.97. The molecule has 0 bridgehead atoms. The van der Waals surface area contributed by atoms with Crippen molar-refractivity contribution in [3.63, 3.8) is 0 Å². The van der Waals surface area contributed by atoms with Crippen molar-refractivity contribution in [1.29, 1.82) is 0 Å². The van der Waals surface area contributed by atoms with Crippen LogP contribution in [0.3, 0.4) is 0 Å². The summed E-state index contributed by atoms with van der Waals surface area (Å²) < 4.78 is 3.49. The Hall–Kier alpha value is -0.640. The van der Waals surface area contributed by atoms with Gasteiger partial charge in [0.25, 0.3) is 0 Å². The molecule has 0 spiro atoms. The van der Waals surface area contributed by atoms with Crippen molar-refractivity contribution in [3.05, 3.63) is 29.7 Å². The molecule has 238 valence electrons. The van der Waals surface area contributed by atoms with E-state index in [1.807, 2.05) is 33.8 Å². The van der Waals surface area contributed by atoms with E-state index in [0.717, 1.165) is 56.5 Å². The second-order valence-corrected chi connectivity index (χ2v) is 12.7. The second kappa shape index (κ2) is 22.8.